The minimum absolute atomic E-state index is 0.0360. The quantitative estimate of drug-likeness (QED) is 0.444. The highest BCUT2D eigenvalue weighted by atomic mass is 32.2. The van der Waals surface area contributed by atoms with E-state index in [0.717, 1.165) is 30.9 Å². The molecule has 1 aromatic carbocycles. The first-order chi connectivity index (χ1) is 15.4. The molecule has 2 saturated heterocycles. The number of halogens is 2. The van der Waals surface area contributed by atoms with Crippen molar-refractivity contribution in [1.29, 1.82) is 0 Å². The van der Waals surface area contributed by atoms with Gasteiger partial charge in [0.2, 0.25) is 5.88 Å². The van der Waals surface area contributed by atoms with E-state index in [2.05, 4.69) is 19.6 Å². The second-order valence-electron chi connectivity index (χ2n) is 7.31. The molecule has 2 aromatic rings. The standard InChI is InChI=1S/C19H23F2N5O4S2/c1-29-17-9-16(22-19(23-17)31-12-13-3-2-4-15(20)18(13)21)24-32(27,28)26-10-14(11-26)25-5-7-30-8-6-25/h2-4,9,14H,5-8,10-12H2,1H3,(H,22,23,24). The van der Waals surface area contributed by atoms with Gasteiger partial charge in [0.05, 0.1) is 20.3 Å². The maximum absolute atomic E-state index is 13.9. The molecule has 0 atom stereocenters. The highest BCUT2D eigenvalue weighted by Crippen LogP contribution is 2.27. The van der Waals surface area contributed by atoms with Crippen molar-refractivity contribution in [2.24, 2.45) is 0 Å². The number of ether oxygens (including phenoxy) is 2. The minimum Gasteiger partial charge on any atom is -0.481 e. The maximum atomic E-state index is 13.9. The molecule has 0 aliphatic carbocycles. The second-order valence-corrected chi connectivity index (χ2v) is 9.92. The van der Waals surface area contributed by atoms with Gasteiger partial charge in [0.25, 0.3) is 0 Å². The van der Waals surface area contributed by atoms with Crippen LogP contribution < -0.4 is 9.46 Å². The van der Waals surface area contributed by atoms with Crippen molar-refractivity contribution < 1.29 is 26.7 Å². The number of benzene rings is 1. The first-order valence-electron chi connectivity index (χ1n) is 9.94. The van der Waals surface area contributed by atoms with Crippen LogP contribution in [-0.2, 0) is 20.7 Å². The van der Waals surface area contributed by atoms with Gasteiger partial charge in [0, 0.05) is 49.6 Å². The predicted molar refractivity (Wildman–Crippen MR) is 115 cm³/mol. The number of anilines is 1. The van der Waals surface area contributed by atoms with Gasteiger partial charge in [-0.05, 0) is 6.07 Å². The molecule has 2 aliphatic heterocycles. The molecule has 2 aliphatic rings. The van der Waals surface area contributed by atoms with Gasteiger partial charge in [-0.3, -0.25) is 9.62 Å². The maximum Gasteiger partial charge on any atom is 0.302 e. The molecule has 2 fully saturated rings. The molecule has 9 nitrogen and oxygen atoms in total. The van der Waals surface area contributed by atoms with Crippen LogP contribution in [0.1, 0.15) is 5.56 Å². The fourth-order valence-electron chi connectivity index (χ4n) is 3.41. The van der Waals surface area contributed by atoms with Gasteiger partial charge in [-0.2, -0.15) is 17.7 Å². The van der Waals surface area contributed by atoms with Crippen molar-refractivity contribution in [3.8, 4) is 5.88 Å². The summed E-state index contributed by atoms with van der Waals surface area (Å²) in [4.78, 5) is 10.6. The Morgan fingerprint density at radius 1 is 1.25 bits per heavy atom. The van der Waals surface area contributed by atoms with E-state index >= 15 is 0 Å². The molecule has 13 heteroatoms. The van der Waals surface area contributed by atoms with Crippen LogP contribution >= 0.6 is 11.8 Å². The van der Waals surface area contributed by atoms with E-state index in [9.17, 15) is 17.2 Å². The highest BCUT2D eigenvalue weighted by molar-refractivity contribution is 7.98. The first-order valence-corrected chi connectivity index (χ1v) is 12.4. The Labute approximate surface area is 189 Å². The Hall–Kier alpha value is -2.06. The molecular weight excluding hydrogens is 464 g/mol. The predicted octanol–water partition coefficient (Wildman–Crippen LogP) is 1.73. The van der Waals surface area contributed by atoms with Crippen molar-refractivity contribution in [3.05, 3.63) is 41.5 Å². The summed E-state index contributed by atoms with van der Waals surface area (Å²) in [6, 6.07) is 5.45. The van der Waals surface area contributed by atoms with E-state index in [1.54, 1.807) is 0 Å². The summed E-state index contributed by atoms with van der Waals surface area (Å²) in [5.74, 6) is -1.62. The lowest BCUT2D eigenvalue weighted by atomic mass is 10.1. The SMILES string of the molecule is COc1cc(NS(=O)(=O)N2CC(N3CCOCC3)C2)nc(SCc2cccc(F)c2F)n1. The fraction of sp³-hybridized carbons (Fsp3) is 0.474. The van der Waals surface area contributed by atoms with Crippen molar-refractivity contribution >= 4 is 27.8 Å². The van der Waals surface area contributed by atoms with Crippen molar-refractivity contribution in [2.75, 3.05) is 51.2 Å². The van der Waals surface area contributed by atoms with Gasteiger partial charge < -0.3 is 9.47 Å². The van der Waals surface area contributed by atoms with Gasteiger partial charge in [-0.15, -0.1) is 0 Å². The Bertz CT molecular complexity index is 1060. The van der Waals surface area contributed by atoms with E-state index in [4.69, 9.17) is 9.47 Å². The number of nitrogens with zero attached hydrogens (tertiary/aromatic N) is 4. The Kier molecular flexibility index (Phi) is 7.10. The summed E-state index contributed by atoms with van der Waals surface area (Å²) in [5.41, 5.74) is 0.151. The molecule has 32 heavy (non-hydrogen) atoms. The lowest BCUT2D eigenvalue weighted by Gasteiger charge is -2.45. The Balaban J connectivity index is 1.41. The van der Waals surface area contributed by atoms with Crippen LogP contribution in [0, 0.1) is 11.6 Å². The average Bonchev–Trinajstić information content (AvgIpc) is 2.73. The van der Waals surface area contributed by atoms with Gasteiger partial charge in [-0.25, -0.2) is 13.8 Å². The average molecular weight is 488 g/mol. The number of aromatic nitrogens is 2. The molecule has 0 bridgehead atoms. The van der Waals surface area contributed by atoms with Crippen LogP contribution in [0.15, 0.2) is 29.4 Å². The van der Waals surface area contributed by atoms with Crippen molar-refractivity contribution in [3.63, 3.8) is 0 Å². The van der Waals surface area contributed by atoms with Crippen molar-refractivity contribution in [2.45, 2.75) is 17.0 Å². The van der Waals surface area contributed by atoms with Crippen LogP contribution in [-0.4, -0.2) is 80.1 Å². The topological polar surface area (TPSA) is 96.9 Å². The second kappa shape index (κ2) is 9.83. The van der Waals surface area contributed by atoms with Crippen LogP contribution in [0.3, 0.4) is 0 Å². The summed E-state index contributed by atoms with van der Waals surface area (Å²) >= 11 is 1.04. The summed E-state index contributed by atoms with van der Waals surface area (Å²) in [5, 5.41) is 0.167. The van der Waals surface area contributed by atoms with Crippen molar-refractivity contribution in [1.82, 2.24) is 19.2 Å². The van der Waals surface area contributed by atoms with Crippen LogP contribution in [0.2, 0.25) is 0 Å². The van der Waals surface area contributed by atoms with Gasteiger partial charge in [-0.1, -0.05) is 23.9 Å². The van der Waals surface area contributed by atoms with E-state index in [0.29, 0.717) is 26.3 Å². The Morgan fingerprint density at radius 2 is 2.00 bits per heavy atom. The fourth-order valence-corrected chi connectivity index (χ4v) is 5.47. The van der Waals surface area contributed by atoms with Gasteiger partial charge >= 0.3 is 10.2 Å². The van der Waals surface area contributed by atoms with Gasteiger partial charge in [0.1, 0.15) is 5.82 Å². The smallest absolute Gasteiger partial charge is 0.302 e. The number of thioether (sulfide) groups is 1. The number of morpholine rings is 1. The molecule has 0 radical (unpaired) electrons. The van der Waals surface area contributed by atoms with Gasteiger partial charge in [0.15, 0.2) is 16.8 Å². The summed E-state index contributed by atoms with van der Waals surface area (Å²) < 4.78 is 67.1. The monoisotopic (exact) mass is 487 g/mol. The number of hydrogen-bond donors (Lipinski definition) is 1. The summed E-state index contributed by atoms with van der Waals surface area (Å²) in [6.45, 7) is 3.67. The lowest BCUT2D eigenvalue weighted by Crippen LogP contribution is -2.63. The zero-order valence-electron chi connectivity index (χ0n) is 17.3. The zero-order valence-corrected chi connectivity index (χ0v) is 19.0. The molecule has 3 heterocycles. The summed E-state index contributed by atoms with van der Waals surface area (Å²) in [7, 11) is -2.42. The van der Waals surface area contributed by atoms with Crippen LogP contribution in [0.5, 0.6) is 5.88 Å². The van der Waals surface area contributed by atoms with E-state index < -0.39 is 21.8 Å². The largest absolute Gasteiger partial charge is 0.481 e. The molecule has 174 valence electrons. The molecule has 0 spiro atoms. The van der Waals surface area contributed by atoms with E-state index in [1.165, 1.54) is 29.6 Å². The normalized spacial score (nSPS) is 18.3. The molecular formula is C19H23F2N5O4S2. The van der Waals surface area contributed by atoms with E-state index in [1.807, 2.05) is 0 Å². The molecule has 4 rings (SSSR count). The number of methoxy groups -OCH3 is 1. The molecule has 0 saturated carbocycles. The lowest BCUT2D eigenvalue weighted by molar-refractivity contribution is -0.0115. The molecule has 1 aromatic heterocycles. The third-order valence-corrected chi connectivity index (χ3v) is 7.59. The molecule has 1 N–H and O–H groups in total. The van der Waals surface area contributed by atoms with Crippen LogP contribution in [0.25, 0.3) is 0 Å². The third-order valence-electron chi connectivity index (χ3n) is 5.24. The summed E-state index contributed by atoms with van der Waals surface area (Å²) in [6.07, 6.45) is 0. The first kappa shape index (κ1) is 23.1. The minimum atomic E-state index is -3.81. The van der Waals surface area contributed by atoms with E-state index in [-0.39, 0.29) is 34.2 Å². The highest BCUT2D eigenvalue weighted by Gasteiger charge is 2.39. The third kappa shape index (κ3) is 5.29. The number of hydrogen-bond acceptors (Lipinski definition) is 8. The number of rotatable bonds is 8. The molecule has 0 unspecified atom stereocenters. The number of nitrogens with one attached hydrogen (secondary N) is 1. The Morgan fingerprint density at radius 3 is 2.72 bits per heavy atom. The van der Waals surface area contributed by atoms with Crippen LogP contribution in [0.4, 0.5) is 14.6 Å². The zero-order chi connectivity index (χ0) is 22.7. The molecule has 0 amide bonds.